The van der Waals surface area contributed by atoms with Gasteiger partial charge in [-0.05, 0) is 34.5 Å². The number of methoxy groups -OCH3 is 2. The lowest BCUT2D eigenvalue weighted by molar-refractivity contribution is 0.382. The maximum Gasteiger partial charge on any atom is 0.141 e. The molecule has 0 spiro atoms. The lowest BCUT2D eigenvalue weighted by Crippen LogP contribution is -2.11. The highest BCUT2D eigenvalue weighted by molar-refractivity contribution is 9.10. The molecule has 1 atom stereocenters. The molecule has 0 aliphatic carbocycles. The summed E-state index contributed by atoms with van der Waals surface area (Å²) in [5.74, 6) is 1.52. The van der Waals surface area contributed by atoms with Crippen molar-refractivity contribution in [2.45, 2.75) is 25.8 Å². The second-order valence-electron chi connectivity index (χ2n) is 3.60. The predicted molar refractivity (Wildman–Crippen MR) is 69.1 cm³/mol. The van der Waals surface area contributed by atoms with Crippen molar-refractivity contribution in [2.24, 2.45) is 5.73 Å². The molecular formula is C12H18BrNO2. The molecule has 0 aliphatic heterocycles. The number of benzene rings is 1. The van der Waals surface area contributed by atoms with Crippen molar-refractivity contribution >= 4 is 15.9 Å². The number of nitrogens with two attached hydrogens (primary N) is 1. The van der Waals surface area contributed by atoms with Crippen LogP contribution in [0, 0.1) is 0 Å². The summed E-state index contributed by atoms with van der Waals surface area (Å²) in [5, 5.41) is 0. The van der Waals surface area contributed by atoms with Crippen LogP contribution in [0.25, 0.3) is 0 Å². The second kappa shape index (κ2) is 6.11. The van der Waals surface area contributed by atoms with Crippen molar-refractivity contribution in [2.75, 3.05) is 14.2 Å². The lowest BCUT2D eigenvalue weighted by Gasteiger charge is -2.17. The largest absolute Gasteiger partial charge is 0.495 e. The minimum Gasteiger partial charge on any atom is -0.495 e. The summed E-state index contributed by atoms with van der Waals surface area (Å²) < 4.78 is 11.4. The molecule has 0 saturated carbocycles. The zero-order valence-electron chi connectivity index (χ0n) is 9.92. The topological polar surface area (TPSA) is 44.5 Å². The number of hydrogen-bond donors (Lipinski definition) is 1. The van der Waals surface area contributed by atoms with Gasteiger partial charge in [0.2, 0.25) is 0 Å². The normalized spacial score (nSPS) is 12.3. The SMILES string of the molecule is CCCC(N)c1ccc(OC)c(Br)c1OC. The Morgan fingerprint density at radius 3 is 2.50 bits per heavy atom. The molecule has 0 fully saturated rings. The highest BCUT2D eigenvalue weighted by Gasteiger charge is 2.16. The van der Waals surface area contributed by atoms with Crippen LogP contribution in [0.4, 0.5) is 0 Å². The van der Waals surface area contributed by atoms with Crippen molar-refractivity contribution < 1.29 is 9.47 Å². The summed E-state index contributed by atoms with van der Waals surface area (Å²) in [5.41, 5.74) is 7.11. The zero-order chi connectivity index (χ0) is 12.1. The van der Waals surface area contributed by atoms with Crippen LogP contribution in [-0.2, 0) is 0 Å². The van der Waals surface area contributed by atoms with E-state index in [0.717, 1.165) is 34.4 Å². The van der Waals surface area contributed by atoms with E-state index in [1.165, 1.54) is 0 Å². The number of halogens is 1. The molecule has 0 bridgehead atoms. The van der Waals surface area contributed by atoms with E-state index in [4.69, 9.17) is 15.2 Å². The molecule has 1 aromatic rings. The molecule has 0 aromatic heterocycles. The summed E-state index contributed by atoms with van der Waals surface area (Å²) in [7, 11) is 3.27. The fourth-order valence-corrected chi connectivity index (χ4v) is 2.36. The van der Waals surface area contributed by atoms with Gasteiger partial charge in [0.05, 0.1) is 14.2 Å². The van der Waals surface area contributed by atoms with E-state index >= 15 is 0 Å². The Morgan fingerprint density at radius 2 is 2.00 bits per heavy atom. The summed E-state index contributed by atoms with van der Waals surface area (Å²) in [4.78, 5) is 0. The Morgan fingerprint density at radius 1 is 1.31 bits per heavy atom. The van der Waals surface area contributed by atoms with Crippen LogP contribution < -0.4 is 15.2 Å². The molecule has 0 heterocycles. The Balaban J connectivity index is 3.14. The van der Waals surface area contributed by atoms with Crippen molar-refractivity contribution in [3.8, 4) is 11.5 Å². The van der Waals surface area contributed by atoms with E-state index in [9.17, 15) is 0 Å². The molecule has 4 heteroatoms. The van der Waals surface area contributed by atoms with Crippen LogP contribution in [0.15, 0.2) is 16.6 Å². The Kier molecular flexibility index (Phi) is 5.09. The van der Waals surface area contributed by atoms with Crippen molar-refractivity contribution in [3.63, 3.8) is 0 Å². The molecule has 0 radical (unpaired) electrons. The van der Waals surface area contributed by atoms with E-state index in [2.05, 4.69) is 22.9 Å². The molecular weight excluding hydrogens is 270 g/mol. The maximum absolute atomic E-state index is 6.10. The average Bonchev–Trinajstić information content (AvgIpc) is 2.28. The van der Waals surface area contributed by atoms with Crippen LogP contribution in [0.2, 0.25) is 0 Å². The van der Waals surface area contributed by atoms with Gasteiger partial charge in [-0.3, -0.25) is 0 Å². The number of hydrogen-bond acceptors (Lipinski definition) is 3. The van der Waals surface area contributed by atoms with Gasteiger partial charge in [-0.15, -0.1) is 0 Å². The number of rotatable bonds is 5. The molecule has 16 heavy (non-hydrogen) atoms. The van der Waals surface area contributed by atoms with Crippen LogP contribution in [0.3, 0.4) is 0 Å². The third kappa shape index (κ3) is 2.68. The highest BCUT2D eigenvalue weighted by Crippen LogP contribution is 2.39. The first-order chi connectivity index (χ1) is 7.65. The molecule has 0 saturated heterocycles. The first-order valence-corrected chi connectivity index (χ1v) is 6.10. The summed E-state index contributed by atoms with van der Waals surface area (Å²) in [6.45, 7) is 2.12. The third-order valence-electron chi connectivity index (χ3n) is 2.52. The summed E-state index contributed by atoms with van der Waals surface area (Å²) in [6.07, 6.45) is 1.99. The van der Waals surface area contributed by atoms with Crippen molar-refractivity contribution in [1.82, 2.24) is 0 Å². The van der Waals surface area contributed by atoms with Crippen LogP contribution >= 0.6 is 15.9 Å². The van der Waals surface area contributed by atoms with Gasteiger partial charge in [0.25, 0.3) is 0 Å². The van der Waals surface area contributed by atoms with Gasteiger partial charge in [0, 0.05) is 11.6 Å². The third-order valence-corrected chi connectivity index (χ3v) is 3.27. The quantitative estimate of drug-likeness (QED) is 0.904. The zero-order valence-corrected chi connectivity index (χ0v) is 11.5. The summed E-state index contributed by atoms with van der Waals surface area (Å²) >= 11 is 3.47. The predicted octanol–water partition coefficient (Wildman–Crippen LogP) is 3.27. The van der Waals surface area contributed by atoms with E-state index < -0.39 is 0 Å². The first kappa shape index (κ1) is 13.3. The molecule has 1 aromatic carbocycles. The van der Waals surface area contributed by atoms with E-state index in [1.54, 1.807) is 14.2 Å². The van der Waals surface area contributed by atoms with Gasteiger partial charge in [-0.1, -0.05) is 13.3 Å². The minimum atomic E-state index is 0.00200. The molecule has 1 unspecified atom stereocenters. The van der Waals surface area contributed by atoms with Gasteiger partial charge < -0.3 is 15.2 Å². The molecule has 0 aliphatic rings. The number of ether oxygens (including phenoxy) is 2. The molecule has 1 rings (SSSR count). The Bertz CT molecular complexity index is 355. The fourth-order valence-electron chi connectivity index (χ4n) is 1.68. The van der Waals surface area contributed by atoms with Crippen LogP contribution in [0.1, 0.15) is 31.4 Å². The standard InChI is InChI=1S/C12H18BrNO2/c1-4-5-9(14)8-6-7-10(15-2)11(13)12(8)16-3/h6-7,9H,4-5,14H2,1-3H3. The molecule has 0 amide bonds. The van der Waals surface area contributed by atoms with E-state index in [-0.39, 0.29) is 6.04 Å². The average molecular weight is 288 g/mol. The monoisotopic (exact) mass is 287 g/mol. The molecule has 90 valence electrons. The Labute approximate surface area is 105 Å². The molecule has 3 nitrogen and oxygen atoms in total. The van der Waals surface area contributed by atoms with Gasteiger partial charge in [-0.25, -0.2) is 0 Å². The van der Waals surface area contributed by atoms with Gasteiger partial charge >= 0.3 is 0 Å². The van der Waals surface area contributed by atoms with Gasteiger partial charge in [-0.2, -0.15) is 0 Å². The smallest absolute Gasteiger partial charge is 0.141 e. The van der Waals surface area contributed by atoms with Gasteiger partial charge in [0.15, 0.2) is 0 Å². The van der Waals surface area contributed by atoms with E-state index in [0.29, 0.717) is 0 Å². The first-order valence-electron chi connectivity index (χ1n) is 5.31. The summed E-state index contributed by atoms with van der Waals surface area (Å²) in [6, 6.07) is 3.86. The van der Waals surface area contributed by atoms with Gasteiger partial charge in [0.1, 0.15) is 16.0 Å². The lowest BCUT2D eigenvalue weighted by atomic mass is 10.0. The van der Waals surface area contributed by atoms with E-state index in [1.807, 2.05) is 12.1 Å². The van der Waals surface area contributed by atoms with Crippen LogP contribution in [-0.4, -0.2) is 14.2 Å². The van der Waals surface area contributed by atoms with Crippen molar-refractivity contribution in [3.05, 3.63) is 22.2 Å². The second-order valence-corrected chi connectivity index (χ2v) is 4.39. The Hall–Kier alpha value is -0.740. The molecule has 2 N–H and O–H groups in total. The maximum atomic E-state index is 6.10. The fraction of sp³-hybridized carbons (Fsp3) is 0.500. The highest BCUT2D eigenvalue weighted by atomic mass is 79.9. The minimum absolute atomic E-state index is 0.00200. The van der Waals surface area contributed by atoms with Crippen molar-refractivity contribution in [1.29, 1.82) is 0 Å². The van der Waals surface area contributed by atoms with Crippen LogP contribution in [0.5, 0.6) is 11.5 Å².